The average Bonchev–Trinajstić information content (AvgIpc) is 2.17. The molecule has 0 bridgehead atoms. The molecule has 0 radical (unpaired) electrons. The van der Waals surface area contributed by atoms with E-state index in [9.17, 15) is 4.79 Å². The van der Waals surface area contributed by atoms with Gasteiger partial charge in [-0.2, -0.15) is 0 Å². The quantitative estimate of drug-likeness (QED) is 0.672. The van der Waals surface area contributed by atoms with Crippen LogP contribution in [0.25, 0.3) is 0 Å². The van der Waals surface area contributed by atoms with E-state index in [1.54, 1.807) is 31.3 Å². The number of aliphatic hydroxyl groups excluding tert-OH is 1. The van der Waals surface area contributed by atoms with Crippen molar-refractivity contribution in [3.05, 3.63) is 35.4 Å². The lowest BCUT2D eigenvalue weighted by atomic mass is 10.1. The lowest BCUT2D eigenvalue weighted by Crippen LogP contribution is -2.17. The minimum Gasteiger partial charge on any atom is -0.392 e. The Kier molecular flexibility index (Phi) is 2.82. The molecule has 2 N–H and O–H groups in total. The van der Waals surface area contributed by atoms with Crippen LogP contribution in [0.3, 0.4) is 0 Å². The molecule has 0 aliphatic carbocycles. The monoisotopic (exact) mass is 165 g/mol. The van der Waals surface area contributed by atoms with Crippen molar-refractivity contribution in [3.63, 3.8) is 0 Å². The third-order valence-corrected chi connectivity index (χ3v) is 1.60. The van der Waals surface area contributed by atoms with E-state index in [2.05, 4.69) is 5.32 Å². The molecule has 0 saturated heterocycles. The highest BCUT2D eigenvalue weighted by Gasteiger charge is 2.01. The second kappa shape index (κ2) is 3.88. The highest BCUT2D eigenvalue weighted by Crippen LogP contribution is 2.04. The molecule has 0 fully saturated rings. The molecule has 1 aromatic rings. The summed E-state index contributed by atoms with van der Waals surface area (Å²) < 4.78 is 0. The minimum absolute atomic E-state index is 0.0369. The van der Waals surface area contributed by atoms with Crippen molar-refractivity contribution in [1.82, 2.24) is 5.32 Å². The maximum absolute atomic E-state index is 11.1. The summed E-state index contributed by atoms with van der Waals surface area (Å²) in [5.41, 5.74) is 1.32. The Bertz CT molecular complexity index is 284. The van der Waals surface area contributed by atoms with Crippen LogP contribution < -0.4 is 5.32 Å². The van der Waals surface area contributed by atoms with Gasteiger partial charge in [-0.25, -0.2) is 0 Å². The first kappa shape index (κ1) is 8.74. The fourth-order valence-corrected chi connectivity index (χ4v) is 0.955. The van der Waals surface area contributed by atoms with E-state index in [1.807, 2.05) is 0 Å². The Labute approximate surface area is 71.0 Å². The number of rotatable bonds is 2. The van der Waals surface area contributed by atoms with Crippen LogP contribution in [0, 0.1) is 0 Å². The lowest BCUT2D eigenvalue weighted by molar-refractivity contribution is 0.0963. The van der Waals surface area contributed by atoms with Gasteiger partial charge in [0, 0.05) is 12.6 Å². The van der Waals surface area contributed by atoms with Crippen molar-refractivity contribution < 1.29 is 9.90 Å². The molecule has 12 heavy (non-hydrogen) atoms. The summed E-state index contributed by atoms with van der Waals surface area (Å²) in [4.78, 5) is 11.1. The zero-order valence-corrected chi connectivity index (χ0v) is 6.87. The fourth-order valence-electron chi connectivity index (χ4n) is 0.955. The average molecular weight is 165 g/mol. The molecular weight excluding hydrogens is 154 g/mol. The number of benzene rings is 1. The maximum atomic E-state index is 11.1. The van der Waals surface area contributed by atoms with Gasteiger partial charge in [0.25, 0.3) is 5.91 Å². The van der Waals surface area contributed by atoms with Crippen LogP contribution in [0.15, 0.2) is 24.3 Å². The van der Waals surface area contributed by atoms with Gasteiger partial charge in [0.1, 0.15) is 0 Å². The van der Waals surface area contributed by atoms with E-state index in [-0.39, 0.29) is 12.5 Å². The summed E-state index contributed by atoms with van der Waals surface area (Å²) in [6.45, 7) is -0.0369. The summed E-state index contributed by atoms with van der Waals surface area (Å²) in [5, 5.41) is 11.3. The number of carbonyl (C=O) groups excluding carboxylic acids is 1. The number of amides is 1. The second-order valence-corrected chi connectivity index (χ2v) is 2.44. The first-order valence-corrected chi connectivity index (χ1v) is 3.70. The van der Waals surface area contributed by atoms with E-state index in [1.165, 1.54) is 0 Å². The highest BCUT2D eigenvalue weighted by atomic mass is 16.3. The van der Waals surface area contributed by atoms with Gasteiger partial charge in [-0.1, -0.05) is 12.1 Å². The number of carbonyl (C=O) groups is 1. The van der Waals surface area contributed by atoms with Gasteiger partial charge in [0.05, 0.1) is 6.61 Å². The number of hydrogen-bond donors (Lipinski definition) is 2. The lowest BCUT2D eigenvalue weighted by Gasteiger charge is -2.00. The van der Waals surface area contributed by atoms with Crippen LogP contribution in [-0.4, -0.2) is 18.1 Å². The summed E-state index contributed by atoms with van der Waals surface area (Å²) in [5.74, 6) is -0.134. The molecule has 64 valence electrons. The van der Waals surface area contributed by atoms with Crippen LogP contribution in [0.2, 0.25) is 0 Å². The van der Waals surface area contributed by atoms with Gasteiger partial charge in [-0.15, -0.1) is 0 Å². The molecule has 0 aromatic heterocycles. The molecule has 3 nitrogen and oxygen atoms in total. The van der Waals surface area contributed by atoms with Gasteiger partial charge in [-0.05, 0) is 17.7 Å². The highest BCUT2D eigenvalue weighted by molar-refractivity contribution is 5.94. The summed E-state index contributed by atoms with van der Waals surface area (Å²) in [7, 11) is 1.58. The molecule has 1 aromatic carbocycles. The standard InChI is InChI=1S/C9H11NO2/c1-10-9(12)8-4-2-3-7(5-8)6-11/h2-5,11H,6H2,1H3,(H,10,12). The predicted octanol–water partition coefficient (Wildman–Crippen LogP) is 0.538. The van der Waals surface area contributed by atoms with E-state index >= 15 is 0 Å². The summed E-state index contributed by atoms with van der Waals surface area (Å²) in [6, 6.07) is 6.89. The van der Waals surface area contributed by atoms with Crippen LogP contribution in [0.1, 0.15) is 15.9 Å². The molecule has 3 heteroatoms. The van der Waals surface area contributed by atoms with Gasteiger partial charge in [-0.3, -0.25) is 4.79 Å². The van der Waals surface area contributed by atoms with Gasteiger partial charge < -0.3 is 10.4 Å². The van der Waals surface area contributed by atoms with E-state index in [0.29, 0.717) is 5.56 Å². The molecule has 1 amide bonds. The Morgan fingerprint density at radius 3 is 2.92 bits per heavy atom. The largest absolute Gasteiger partial charge is 0.392 e. The van der Waals surface area contributed by atoms with Gasteiger partial charge in [0.2, 0.25) is 0 Å². The number of nitrogens with one attached hydrogen (secondary N) is 1. The molecule has 0 saturated carbocycles. The molecule has 0 aliphatic rings. The van der Waals surface area contributed by atoms with Crippen molar-refractivity contribution in [2.24, 2.45) is 0 Å². The Balaban J connectivity index is 2.93. The Morgan fingerprint density at radius 2 is 2.33 bits per heavy atom. The second-order valence-electron chi connectivity index (χ2n) is 2.44. The summed E-state index contributed by atoms with van der Waals surface area (Å²) >= 11 is 0. The Morgan fingerprint density at radius 1 is 1.58 bits per heavy atom. The molecule has 1 rings (SSSR count). The normalized spacial score (nSPS) is 9.50. The SMILES string of the molecule is CNC(=O)c1cccc(CO)c1. The minimum atomic E-state index is -0.134. The van der Waals surface area contributed by atoms with Crippen molar-refractivity contribution in [2.75, 3.05) is 7.05 Å². The van der Waals surface area contributed by atoms with E-state index in [4.69, 9.17) is 5.11 Å². The van der Waals surface area contributed by atoms with Crippen LogP contribution in [0.5, 0.6) is 0 Å². The van der Waals surface area contributed by atoms with Crippen LogP contribution >= 0.6 is 0 Å². The first-order valence-electron chi connectivity index (χ1n) is 3.70. The molecule has 0 atom stereocenters. The van der Waals surface area contributed by atoms with Crippen LogP contribution in [0.4, 0.5) is 0 Å². The van der Waals surface area contributed by atoms with Crippen molar-refractivity contribution >= 4 is 5.91 Å². The third-order valence-electron chi connectivity index (χ3n) is 1.60. The molecule has 0 heterocycles. The Hall–Kier alpha value is -1.35. The first-order chi connectivity index (χ1) is 5.77. The topological polar surface area (TPSA) is 49.3 Å². The van der Waals surface area contributed by atoms with E-state index in [0.717, 1.165) is 5.56 Å². The predicted molar refractivity (Wildman–Crippen MR) is 45.8 cm³/mol. The van der Waals surface area contributed by atoms with Crippen molar-refractivity contribution in [1.29, 1.82) is 0 Å². The van der Waals surface area contributed by atoms with Gasteiger partial charge in [0.15, 0.2) is 0 Å². The van der Waals surface area contributed by atoms with Crippen molar-refractivity contribution in [2.45, 2.75) is 6.61 Å². The number of hydrogen-bond acceptors (Lipinski definition) is 2. The third kappa shape index (κ3) is 1.83. The maximum Gasteiger partial charge on any atom is 0.251 e. The zero-order valence-electron chi connectivity index (χ0n) is 6.87. The molecule has 0 spiro atoms. The van der Waals surface area contributed by atoms with Crippen molar-refractivity contribution in [3.8, 4) is 0 Å². The molecule has 0 unspecified atom stereocenters. The molecule has 0 aliphatic heterocycles. The zero-order chi connectivity index (χ0) is 8.97. The van der Waals surface area contributed by atoms with E-state index < -0.39 is 0 Å². The smallest absolute Gasteiger partial charge is 0.251 e. The summed E-state index contributed by atoms with van der Waals surface area (Å²) in [6.07, 6.45) is 0. The molecular formula is C9H11NO2. The van der Waals surface area contributed by atoms with Gasteiger partial charge >= 0.3 is 0 Å². The van der Waals surface area contributed by atoms with Crippen LogP contribution in [-0.2, 0) is 6.61 Å². The fraction of sp³-hybridized carbons (Fsp3) is 0.222. The number of aliphatic hydroxyl groups is 1.